The van der Waals surface area contributed by atoms with Gasteiger partial charge in [-0.2, -0.15) is 0 Å². The third-order valence-corrected chi connectivity index (χ3v) is 2.98. The molecular formula is C11H15FN2O. The minimum atomic E-state index is -0.601. The van der Waals surface area contributed by atoms with Crippen LogP contribution in [0.4, 0.5) is 10.1 Å². The number of benzene rings is 1. The topological polar surface area (TPSA) is 49.5 Å². The van der Waals surface area contributed by atoms with Gasteiger partial charge >= 0.3 is 0 Å². The first kappa shape index (κ1) is 10.4. The van der Waals surface area contributed by atoms with E-state index in [1.165, 1.54) is 6.07 Å². The molecule has 2 unspecified atom stereocenters. The predicted molar refractivity (Wildman–Crippen MR) is 57.5 cm³/mol. The number of nitrogens with two attached hydrogens (primary N) is 1. The van der Waals surface area contributed by atoms with Gasteiger partial charge in [0.1, 0.15) is 5.82 Å². The van der Waals surface area contributed by atoms with Crippen molar-refractivity contribution in [2.75, 3.05) is 25.0 Å². The molecule has 3 N–H and O–H groups in total. The number of rotatable bonds is 2. The van der Waals surface area contributed by atoms with Crippen molar-refractivity contribution in [1.29, 1.82) is 0 Å². The van der Waals surface area contributed by atoms with Gasteiger partial charge in [-0.15, -0.1) is 0 Å². The summed E-state index contributed by atoms with van der Waals surface area (Å²) in [6, 6.07) is 4.96. The van der Waals surface area contributed by atoms with Gasteiger partial charge in [0, 0.05) is 26.1 Å². The number of aliphatic hydroxyl groups excluding tert-OH is 1. The first-order valence-corrected chi connectivity index (χ1v) is 5.02. The number of para-hydroxylation sites is 1. The molecule has 15 heavy (non-hydrogen) atoms. The van der Waals surface area contributed by atoms with Gasteiger partial charge in [0.25, 0.3) is 0 Å². The summed E-state index contributed by atoms with van der Waals surface area (Å²) in [7, 11) is 1.82. The number of anilines is 1. The number of likely N-dealkylation sites (N-methyl/N-ethyl adjacent to an activating group) is 1. The average molecular weight is 210 g/mol. The maximum absolute atomic E-state index is 13.5. The standard InChI is InChI=1S/C11H15FN2O/c1-14-6-8(10(15)5-13)7-3-2-4-9(12)11(7)14/h2-4,8,10,15H,5-6,13H2,1H3. The van der Waals surface area contributed by atoms with E-state index in [1.807, 2.05) is 18.0 Å². The largest absolute Gasteiger partial charge is 0.391 e. The first-order valence-electron chi connectivity index (χ1n) is 5.02. The summed E-state index contributed by atoms with van der Waals surface area (Å²) >= 11 is 0. The van der Waals surface area contributed by atoms with Crippen molar-refractivity contribution in [2.45, 2.75) is 12.0 Å². The Labute approximate surface area is 88.3 Å². The number of aliphatic hydroxyl groups is 1. The normalized spacial score (nSPS) is 21.6. The SMILES string of the molecule is CN1CC(C(O)CN)c2cccc(F)c21. The summed E-state index contributed by atoms with van der Waals surface area (Å²) in [6.45, 7) is 0.823. The Morgan fingerprint density at radius 1 is 1.67 bits per heavy atom. The number of fused-ring (bicyclic) bond motifs is 1. The smallest absolute Gasteiger partial charge is 0.146 e. The molecule has 0 saturated heterocycles. The van der Waals surface area contributed by atoms with E-state index in [9.17, 15) is 9.50 Å². The number of nitrogens with zero attached hydrogens (tertiary/aromatic N) is 1. The Morgan fingerprint density at radius 3 is 3.07 bits per heavy atom. The molecule has 0 amide bonds. The zero-order valence-electron chi connectivity index (χ0n) is 8.65. The van der Waals surface area contributed by atoms with E-state index in [0.717, 1.165) is 5.56 Å². The molecule has 0 radical (unpaired) electrons. The minimum absolute atomic E-state index is 0.0781. The second kappa shape index (κ2) is 3.79. The van der Waals surface area contributed by atoms with E-state index >= 15 is 0 Å². The molecule has 1 aliphatic rings. The van der Waals surface area contributed by atoms with E-state index in [0.29, 0.717) is 12.2 Å². The van der Waals surface area contributed by atoms with Crippen LogP contribution in [-0.2, 0) is 0 Å². The molecule has 0 spiro atoms. The molecule has 0 aromatic heterocycles. The molecule has 0 saturated carbocycles. The Balaban J connectivity index is 2.42. The van der Waals surface area contributed by atoms with Crippen molar-refractivity contribution >= 4 is 5.69 Å². The minimum Gasteiger partial charge on any atom is -0.391 e. The summed E-state index contributed by atoms with van der Waals surface area (Å²) in [6.07, 6.45) is -0.601. The molecule has 82 valence electrons. The fraction of sp³-hybridized carbons (Fsp3) is 0.455. The molecule has 1 heterocycles. The van der Waals surface area contributed by atoms with Gasteiger partial charge in [0.2, 0.25) is 0 Å². The quantitative estimate of drug-likeness (QED) is 0.754. The summed E-state index contributed by atoms with van der Waals surface area (Å²) in [5, 5.41) is 9.74. The molecule has 0 aliphatic carbocycles. The fourth-order valence-electron chi connectivity index (χ4n) is 2.21. The Bertz CT molecular complexity index is 370. The maximum atomic E-state index is 13.5. The monoisotopic (exact) mass is 210 g/mol. The average Bonchev–Trinajstić information content (AvgIpc) is 2.56. The van der Waals surface area contributed by atoms with Crippen LogP contribution in [0.2, 0.25) is 0 Å². The van der Waals surface area contributed by atoms with E-state index in [2.05, 4.69) is 0 Å². The highest BCUT2D eigenvalue weighted by Gasteiger charge is 2.32. The van der Waals surface area contributed by atoms with Gasteiger partial charge in [0.05, 0.1) is 11.8 Å². The lowest BCUT2D eigenvalue weighted by Crippen LogP contribution is -2.30. The second-order valence-electron chi connectivity index (χ2n) is 3.97. The van der Waals surface area contributed by atoms with E-state index in [-0.39, 0.29) is 18.3 Å². The summed E-state index contributed by atoms with van der Waals surface area (Å²) in [5.74, 6) is -0.313. The lowest BCUT2D eigenvalue weighted by atomic mass is 9.95. The fourth-order valence-corrected chi connectivity index (χ4v) is 2.21. The highest BCUT2D eigenvalue weighted by Crippen LogP contribution is 2.38. The van der Waals surface area contributed by atoms with Crippen LogP contribution in [0.3, 0.4) is 0 Å². The molecular weight excluding hydrogens is 195 g/mol. The van der Waals surface area contributed by atoms with Crippen LogP contribution >= 0.6 is 0 Å². The molecule has 1 aliphatic heterocycles. The van der Waals surface area contributed by atoms with Crippen molar-refractivity contribution in [2.24, 2.45) is 5.73 Å². The van der Waals surface area contributed by atoms with Crippen LogP contribution in [0.1, 0.15) is 11.5 Å². The number of hydrogen-bond acceptors (Lipinski definition) is 3. The van der Waals surface area contributed by atoms with E-state index in [4.69, 9.17) is 5.73 Å². The van der Waals surface area contributed by atoms with Crippen LogP contribution in [0.5, 0.6) is 0 Å². The summed E-state index contributed by atoms with van der Waals surface area (Å²) < 4.78 is 13.5. The molecule has 1 aromatic carbocycles. The van der Waals surface area contributed by atoms with Crippen molar-refractivity contribution in [1.82, 2.24) is 0 Å². The maximum Gasteiger partial charge on any atom is 0.146 e. The Morgan fingerprint density at radius 2 is 2.40 bits per heavy atom. The molecule has 2 rings (SSSR count). The molecule has 2 atom stereocenters. The number of halogens is 1. The Hall–Kier alpha value is -1.13. The van der Waals surface area contributed by atoms with E-state index < -0.39 is 6.10 Å². The summed E-state index contributed by atoms with van der Waals surface area (Å²) in [5.41, 5.74) is 6.88. The molecule has 4 heteroatoms. The predicted octanol–water partition coefficient (Wildman–Crippen LogP) is 0.679. The van der Waals surface area contributed by atoms with Gasteiger partial charge in [-0.25, -0.2) is 4.39 Å². The molecule has 0 fully saturated rings. The lowest BCUT2D eigenvalue weighted by Gasteiger charge is -2.17. The van der Waals surface area contributed by atoms with Crippen LogP contribution in [0.25, 0.3) is 0 Å². The first-order chi connectivity index (χ1) is 7.15. The van der Waals surface area contributed by atoms with Crippen molar-refractivity contribution in [3.8, 4) is 0 Å². The van der Waals surface area contributed by atoms with Gasteiger partial charge in [0.15, 0.2) is 0 Å². The van der Waals surface area contributed by atoms with Crippen molar-refractivity contribution in [3.63, 3.8) is 0 Å². The van der Waals surface area contributed by atoms with Crippen molar-refractivity contribution in [3.05, 3.63) is 29.6 Å². The zero-order valence-corrected chi connectivity index (χ0v) is 8.65. The molecule has 3 nitrogen and oxygen atoms in total. The third-order valence-electron chi connectivity index (χ3n) is 2.98. The summed E-state index contributed by atoms with van der Waals surface area (Å²) in [4.78, 5) is 1.83. The Kier molecular flexibility index (Phi) is 2.63. The van der Waals surface area contributed by atoms with Gasteiger partial charge < -0.3 is 15.7 Å². The van der Waals surface area contributed by atoms with E-state index in [1.54, 1.807) is 6.07 Å². The highest BCUT2D eigenvalue weighted by atomic mass is 19.1. The molecule has 1 aromatic rings. The van der Waals surface area contributed by atoms with Crippen LogP contribution in [-0.4, -0.2) is 31.3 Å². The third kappa shape index (κ3) is 1.60. The number of hydrogen-bond donors (Lipinski definition) is 2. The lowest BCUT2D eigenvalue weighted by molar-refractivity contribution is 0.156. The molecule has 0 bridgehead atoms. The van der Waals surface area contributed by atoms with Gasteiger partial charge in [-0.3, -0.25) is 0 Å². The van der Waals surface area contributed by atoms with Crippen LogP contribution in [0, 0.1) is 5.82 Å². The highest BCUT2D eigenvalue weighted by molar-refractivity contribution is 5.61. The van der Waals surface area contributed by atoms with Gasteiger partial charge in [-0.05, 0) is 11.6 Å². The van der Waals surface area contributed by atoms with Crippen LogP contribution in [0.15, 0.2) is 18.2 Å². The van der Waals surface area contributed by atoms with Gasteiger partial charge in [-0.1, -0.05) is 12.1 Å². The second-order valence-corrected chi connectivity index (χ2v) is 3.97. The van der Waals surface area contributed by atoms with Crippen molar-refractivity contribution < 1.29 is 9.50 Å². The van der Waals surface area contributed by atoms with Crippen LogP contribution < -0.4 is 10.6 Å². The zero-order chi connectivity index (χ0) is 11.0.